The van der Waals surface area contributed by atoms with Crippen molar-refractivity contribution in [3.05, 3.63) is 66.3 Å². The fourth-order valence-corrected chi connectivity index (χ4v) is 4.92. The fraction of sp³-hybridized carbons (Fsp3) is 0.273. The van der Waals surface area contributed by atoms with Crippen LogP contribution in [0.5, 0.6) is 0 Å². The summed E-state index contributed by atoms with van der Waals surface area (Å²) in [7, 11) is 0. The van der Waals surface area contributed by atoms with Crippen LogP contribution in [-0.2, 0) is 5.75 Å². The summed E-state index contributed by atoms with van der Waals surface area (Å²) in [5.41, 5.74) is 1.57. The summed E-state index contributed by atoms with van der Waals surface area (Å²) in [6.07, 6.45) is 6.01. The van der Waals surface area contributed by atoms with Crippen LogP contribution in [0.4, 0.5) is 5.82 Å². The zero-order chi connectivity index (χ0) is 20.7. The van der Waals surface area contributed by atoms with Gasteiger partial charge in [0.25, 0.3) is 5.91 Å². The molecular weight excluding hydrogens is 398 g/mol. The number of nitrogens with zero attached hydrogens (tertiary/aromatic N) is 5. The van der Waals surface area contributed by atoms with Gasteiger partial charge in [-0.1, -0.05) is 30.0 Å². The number of para-hydroxylation sites is 1. The Balaban J connectivity index is 1.55. The van der Waals surface area contributed by atoms with Gasteiger partial charge in [0.1, 0.15) is 11.4 Å². The van der Waals surface area contributed by atoms with E-state index in [0.717, 1.165) is 23.2 Å². The van der Waals surface area contributed by atoms with Crippen molar-refractivity contribution in [2.24, 2.45) is 0 Å². The molecule has 4 aromatic rings. The molecule has 1 aliphatic rings. The van der Waals surface area contributed by atoms with Crippen molar-refractivity contribution in [1.29, 1.82) is 0 Å². The number of carbonyl (C=O) groups excluding carboxylic acids is 1. The molecule has 152 valence electrons. The van der Waals surface area contributed by atoms with Gasteiger partial charge in [0.05, 0.1) is 12.2 Å². The lowest BCUT2D eigenvalue weighted by Gasteiger charge is -2.36. The zero-order valence-electron chi connectivity index (χ0n) is 16.7. The van der Waals surface area contributed by atoms with Crippen LogP contribution in [0.2, 0.25) is 0 Å². The van der Waals surface area contributed by atoms with Crippen molar-refractivity contribution >= 4 is 34.5 Å². The van der Waals surface area contributed by atoms with Gasteiger partial charge in [-0.05, 0) is 32.4 Å². The van der Waals surface area contributed by atoms with Gasteiger partial charge in [0.15, 0.2) is 10.9 Å². The molecule has 8 heteroatoms. The lowest BCUT2D eigenvalue weighted by molar-refractivity contribution is 0.0941. The standard InChI is InChI=1S/C22H21N5O2S/c1-14-12-15(2)27-19(8-11-25-27)26(14)21(28)20-17(13-30-22-23-9-5-10-24-22)16-6-3-4-7-18(16)29-20/h3-11,14-15H,12-13H2,1-2H3. The second-order valence-electron chi connectivity index (χ2n) is 7.47. The molecule has 30 heavy (non-hydrogen) atoms. The predicted molar refractivity (Wildman–Crippen MR) is 116 cm³/mol. The summed E-state index contributed by atoms with van der Waals surface area (Å²) < 4.78 is 8.00. The minimum Gasteiger partial charge on any atom is -0.451 e. The van der Waals surface area contributed by atoms with Crippen molar-refractivity contribution < 1.29 is 9.21 Å². The SMILES string of the molecule is CC1CC(C)n2nccc2N1C(=O)c1oc2ccccc2c1CSc1ncccn1. The van der Waals surface area contributed by atoms with Crippen LogP contribution in [0.3, 0.4) is 0 Å². The molecule has 0 N–H and O–H groups in total. The molecule has 5 rings (SSSR count). The number of hydrogen-bond donors (Lipinski definition) is 0. The van der Waals surface area contributed by atoms with Crippen LogP contribution in [-0.4, -0.2) is 31.7 Å². The molecule has 7 nitrogen and oxygen atoms in total. The summed E-state index contributed by atoms with van der Waals surface area (Å²) in [5.74, 6) is 1.57. The first-order chi connectivity index (χ1) is 14.6. The molecule has 3 aromatic heterocycles. The Morgan fingerprint density at radius 3 is 2.73 bits per heavy atom. The molecule has 2 atom stereocenters. The van der Waals surface area contributed by atoms with Crippen LogP contribution >= 0.6 is 11.8 Å². The first kappa shape index (κ1) is 18.9. The van der Waals surface area contributed by atoms with Crippen LogP contribution in [0.1, 0.15) is 42.4 Å². The maximum absolute atomic E-state index is 13.7. The second kappa shape index (κ2) is 7.60. The third-order valence-electron chi connectivity index (χ3n) is 5.44. The zero-order valence-corrected chi connectivity index (χ0v) is 17.5. The van der Waals surface area contributed by atoms with Crippen molar-refractivity contribution in [2.45, 2.75) is 43.3 Å². The van der Waals surface area contributed by atoms with Crippen molar-refractivity contribution in [1.82, 2.24) is 19.7 Å². The molecule has 1 aliphatic heterocycles. The second-order valence-corrected chi connectivity index (χ2v) is 8.41. The quantitative estimate of drug-likeness (QED) is 0.352. The van der Waals surface area contributed by atoms with E-state index in [-0.39, 0.29) is 18.0 Å². The molecule has 0 saturated carbocycles. The summed E-state index contributed by atoms with van der Waals surface area (Å²) in [6.45, 7) is 4.19. The molecule has 4 heterocycles. The average Bonchev–Trinajstić information content (AvgIpc) is 3.38. The van der Waals surface area contributed by atoms with Gasteiger partial charge in [0.2, 0.25) is 0 Å². The molecular formula is C22H21N5O2S. The number of hydrogen-bond acceptors (Lipinski definition) is 6. The molecule has 2 unspecified atom stereocenters. The summed E-state index contributed by atoms with van der Waals surface area (Å²) in [6, 6.07) is 11.7. The van der Waals surface area contributed by atoms with Crippen LogP contribution in [0.25, 0.3) is 11.0 Å². The summed E-state index contributed by atoms with van der Waals surface area (Å²) >= 11 is 1.49. The van der Waals surface area contributed by atoms with E-state index in [9.17, 15) is 4.79 Å². The Morgan fingerprint density at radius 1 is 1.10 bits per heavy atom. The molecule has 0 aliphatic carbocycles. The molecule has 0 bridgehead atoms. The van der Waals surface area contributed by atoms with Crippen molar-refractivity contribution in [3.63, 3.8) is 0 Å². The number of fused-ring (bicyclic) bond motifs is 2. The van der Waals surface area contributed by atoms with E-state index in [1.165, 1.54) is 11.8 Å². The molecule has 0 saturated heterocycles. The first-order valence-corrected chi connectivity index (χ1v) is 10.9. The highest BCUT2D eigenvalue weighted by atomic mass is 32.2. The normalized spacial score (nSPS) is 18.5. The molecule has 0 fully saturated rings. The Labute approximate surface area is 178 Å². The number of aromatic nitrogens is 4. The Morgan fingerprint density at radius 2 is 1.90 bits per heavy atom. The molecule has 0 spiro atoms. The number of thioether (sulfide) groups is 1. The van der Waals surface area contributed by atoms with Gasteiger partial charge in [-0.15, -0.1) is 0 Å². The Hall–Kier alpha value is -3.13. The van der Waals surface area contributed by atoms with E-state index in [4.69, 9.17) is 4.42 Å². The van der Waals surface area contributed by atoms with Crippen LogP contribution in [0, 0.1) is 0 Å². The lowest BCUT2D eigenvalue weighted by atomic mass is 10.0. The monoisotopic (exact) mass is 419 g/mol. The number of anilines is 1. The van der Waals surface area contributed by atoms with Crippen molar-refractivity contribution in [2.75, 3.05) is 4.90 Å². The highest BCUT2D eigenvalue weighted by Crippen LogP contribution is 2.36. The van der Waals surface area contributed by atoms with Gasteiger partial charge >= 0.3 is 0 Å². The van der Waals surface area contributed by atoms with Gasteiger partial charge in [0, 0.05) is 41.2 Å². The van der Waals surface area contributed by atoms with Crippen LogP contribution in [0.15, 0.2) is 64.6 Å². The van der Waals surface area contributed by atoms with Gasteiger partial charge in [-0.3, -0.25) is 9.69 Å². The maximum atomic E-state index is 13.7. The van der Waals surface area contributed by atoms with Gasteiger partial charge in [-0.2, -0.15) is 5.10 Å². The maximum Gasteiger partial charge on any atom is 0.295 e. The molecule has 1 amide bonds. The van der Waals surface area contributed by atoms with E-state index in [0.29, 0.717) is 22.3 Å². The molecule has 1 aromatic carbocycles. The number of benzene rings is 1. The predicted octanol–water partition coefficient (Wildman–Crippen LogP) is 4.71. The third kappa shape index (κ3) is 3.17. The van der Waals surface area contributed by atoms with E-state index in [1.807, 2.05) is 35.0 Å². The van der Waals surface area contributed by atoms with Crippen molar-refractivity contribution in [3.8, 4) is 0 Å². The summed E-state index contributed by atoms with van der Waals surface area (Å²) in [5, 5.41) is 6.02. The number of amides is 1. The average molecular weight is 420 g/mol. The van der Waals surface area contributed by atoms with E-state index in [1.54, 1.807) is 29.6 Å². The number of rotatable bonds is 4. The van der Waals surface area contributed by atoms with E-state index in [2.05, 4.69) is 28.9 Å². The van der Waals surface area contributed by atoms with E-state index >= 15 is 0 Å². The topological polar surface area (TPSA) is 77.0 Å². The Bertz CT molecular complexity index is 1200. The lowest BCUT2D eigenvalue weighted by Crippen LogP contribution is -2.45. The highest BCUT2D eigenvalue weighted by Gasteiger charge is 2.35. The fourth-order valence-electron chi connectivity index (χ4n) is 4.09. The largest absolute Gasteiger partial charge is 0.451 e. The minimum absolute atomic E-state index is 0.0443. The Kier molecular flexibility index (Phi) is 4.78. The first-order valence-electron chi connectivity index (χ1n) is 9.90. The van der Waals surface area contributed by atoms with Gasteiger partial charge in [-0.25, -0.2) is 14.6 Å². The van der Waals surface area contributed by atoms with Crippen LogP contribution < -0.4 is 4.90 Å². The van der Waals surface area contributed by atoms with Gasteiger partial charge < -0.3 is 4.42 Å². The molecule has 0 radical (unpaired) electrons. The van der Waals surface area contributed by atoms with E-state index < -0.39 is 0 Å². The number of furan rings is 1. The summed E-state index contributed by atoms with van der Waals surface area (Å²) in [4.78, 5) is 24.1. The highest BCUT2D eigenvalue weighted by molar-refractivity contribution is 7.98. The minimum atomic E-state index is -0.142. The third-order valence-corrected chi connectivity index (χ3v) is 6.34. The number of carbonyl (C=O) groups is 1. The smallest absolute Gasteiger partial charge is 0.295 e.